The van der Waals surface area contributed by atoms with Crippen LogP contribution in [0.5, 0.6) is 0 Å². The third-order valence-electron chi connectivity index (χ3n) is 0.686. The second kappa shape index (κ2) is 4.41. The van der Waals surface area contributed by atoms with Crippen molar-refractivity contribution in [2.45, 2.75) is 6.92 Å². The van der Waals surface area contributed by atoms with Crippen LogP contribution in [0.2, 0.25) is 0 Å². The van der Waals surface area contributed by atoms with Gasteiger partial charge in [-0.05, 0) is 6.92 Å². The van der Waals surface area contributed by atoms with Crippen LogP contribution in [0.25, 0.3) is 0 Å². The van der Waals surface area contributed by atoms with Crippen molar-refractivity contribution in [2.24, 2.45) is 0 Å². The van der Waals surface area contributed by atoms with Crippen LogP contribution < -0.4 is 0 Å². The standard InChI is InChI=1S/C6H7ClO2S/c1-3-5(7)10-4(2)6(8)9/h3H,2H2,1H3,(H,8,9). The van der Waals surface area contributed by atoms with E-state index in [0.29, 0.717) is 4.36 Å². The molecule has 0 aromatic carbocycles. The molecule has 0 aliphatic carbocycles. The van der Waals surface area contributed by atoms with Crippen LogP contribution in [0, 0.1) is 0 Å². The van der Waals surface area contributed by atoms with Crippen molar-refractivity contribution in [3.63, 3.8) is 0 Å². The van der Waals surface area contributed by atoms with Crippen LogP contribution in [-0.2, 0) is 4.79 Å². The van der Waals surface area contributed by atoms with E-state index in [9.17, 15) is 4.79 Å². The van der Waals surface area contributed by atoms with Crippen LogP contribution in [0.1, 0.15) is 6.92 Å². The minimum Gasteiger partial charge on any atom is -0.477 e. The molecule has 0 fully saturated rings. The molecule has 10 heavy (non-hydrogen) atoms. The Balaban J connectivity index is 3.93. The number of hydrogen-bond donors (Lipinski definition) is 1. The smallest absolute Gasteiger partial charge is 0.341 e. The lowest BCUT2D eigenvalue weighted by Crippen LogP contribution is -1.93. The van der Waals surface area contributed by atoms with E-state index in [0.717, 1.165) is 11.8 Å². The lowest BCUT2D eigenvalue weighted by Gasteiger charge is -1.95. The second-order valence-electron chi connectivity index (χ2n) is 1.42. The van der Waals surface area contributed by atoms with Crippen molar-refractivity contribution in [3.8, 4) is 0 Å². The maximum absolute atomic E-state index is 10.1. The Kier molecular flexibility index (Phi) is 4.23. The molecule has 0 bridgehead atoms. The third-order valence-corrected chi connectivity index (χ3v) is 1.99. The molecule has 0 saturated heterocycles. The molecule has 0 unspecified atom stereocenters. The molecule has 0 heterocycles. The zero-order chi connectivity index (χ0) is 8.15. The Morgan fingerprint density at radius 2 is 2.30 bits per heavy atom. The largest absolute Gasteiger partial charge is 0.477 e. The van der Waals surface area contributed by atoms with E-state index >= 15 is 0 Å². The van der Waals surface area contributed by atoms with Crippen molar-refractivity contribution in [2.75, 3.05) is 0 Å². The van der Waals surface area contributed by atoms with Crippen LogP contribution in [0.3, 0.4) is 0 Å². The Labute approximate surface area is 68.6 Å². The highest BCUT2D eigenvalue weighted by atomic mass is 35.5. The van der Waals surface area contributed by atoms with Gasteiger partial charge in [-0.3, -0.25) is 0 Å². The molecule has 0 aliphatic rings. The summed E-state index contributed by atoms with van der Waals surface area (Å²) in [6.07, 6.45) is 1.61. The lowest BCUT2D eigenvalue weighted by molar-refractivity contribution is -0.131. The Morgan fingerprint density at radius 3 is 2.60 bits per heavy atom. The molecule has 0 atom stereocenters. The van der Waals surface area contributed by atoms with Gasteiger partial charge in [0.2, 0.25) is 0 Å². The molecular weight excluding hydrogens is 172 g/mol. The van der Waals surface area contributed by atoms with Gasteiger partial charge in [-0.25, -0.2) is 4.79 Å². The lowest BCUT2D eigenvalue weighted by atomic mass is 10.7. The number of aliphatic carboxylic acids is 1. The van der Waals surface area contributed by atoms with Crippen LogP contribution >= 0.6 is 23.4 Å². The zero-order valence-electron chi connectivity index (χ0n) is 5.43. The normalized spacial score (nSPS) is 11.2. The van der Waals surface area contributed by atoms with Gasteiger partial charge in [-0.2, -0.15) is 0 Å². The predicted octanol–water partition coefficient (Wildman–Crippen LogP) is 2.42. The summed E-state index contributed by atoms with van der Waals surface area (Å²) < 4.78 is 0.424. The Morgan fingerprint density at radius 1 is 1.80 bits per heavy atom. The molecule has 0 spiro atoms. The summed E-state index contributed by atoms with van der Waals surface area (Å²) in [5.41, 5.74) is 0. The zero-order valence-corrected chi connectivity index (χ0v) is 7.00. The van der Waals surface area contributed by atoms with E-state index < -0.39 is 5.97 Å². The first-order chi connectivity index (χ1) is 4.57. The first-order valence-corrected chi connectivity index (χ1v) is 3.69. The van der Waals surface area contributed by atoms with Crippen molar-refractivity contribution in [3.05, 3.63) is 21.9 Å². The van der Waals surface area contributed by atoms with E-state index in [-0.39, 0.29) is 4.91 Å². The number of carboxylic acid groups (broad SMARTS) is 1. The summed E-state index contributed by atoms with van der Waals surface area (Å²) in [6, 6.07) is 0. The van der Waals surface area contributed by atoms with Gasteiger partial charge in [0.25, 0.3) is 0 Å². The summed E-state index contributed by atoms with van der Waals surface area (Å²) >= 11 is 6.44. The highest BCUT2D eigenvalue weighted by Crippen LogP contribution is 2.26. The number of thioether (sulfide) groups is 1. The molecule has 0 aliphatic heterocycles. The van der Waals surface area contributed by atoms with Crippen molar-refractivity contribution >= 4 is 29.3 Å². The fourth-order valence-corrected chi connectivity index (χ4v) is 0.940. The third kappa shape index (κ3) is 3.58. The summed E-state index contributed by atoms with van der Waals surface area (Å²) in [4.78, 5) is 10.2. The van der Waals surface area contributed by atoms with Gasteiger partial charge in [0, 0.05) is 0 Å². The average molecular weight is 179 g/mol. The van der Waals surface area contributed by atoms with Crippen LogP contribution in [-0.4, -0.2) is 11.1 Å². The number of rotatable bonds is 3. The molecule has 0 aromatic rings. The van der Waals surface area contributed by atoms with Crippen molar-refractivity contribution in [1.29, 1.82) is 0 Å². The number of halogens is 1. The first-order valence-electron chi connectivity index (χ1n) is 2.49. The summed E-state index contributed by atoms with van der Waals surface area (Å²) in [7, 11) is 0. The minimum absolute atomic E-state index is 0.0306. The van der Waals surface area contributed by atoms with Gasteiger partial charge >= 0.3 is 5.97 Å². The van der Waals surface area contributed by atoms with Crippen molar-refractivity contribution in [1.82, 2.24) is 0 Å². The van der Waals surface area contributed by atoms with Gasteiger partial charge in [0.05, 0.1) is 9.27 Å². The van der Waals surface area contributed by atoms with E-state index in [4.69, 9.17) is 16.7 Å². The highest BCUT2D eigenvalue weighted by molar-refractivity contribution is 8.08. The molecular formula is C6H7ClO2S. The van der Waals surface area contributed by atoms with E-state index in [1.807, 2.05) is 0 Å². The molecule has 0 rings (SSSR count). The number of allylic oxidation sites excluding steroid dienone is 1. The second-order valence-corrected chi connectivity index (χ2v) is 3.19. The van der Waals surface area contributed by atoms with Gasteiger partial charge in [-0.1, -0.05) is 36.0 Å². The molecule has 4 heteroatoms. The molecule has 1 N–H and O–H groups in total. The number of carbonyl (C=O) groups is 1. The van der Waals surface area contributed by atoms with E-state index in [1.165, 1.54) is 0 Å². The Bertz CT molecular complexity index is 186. The average Bonchev–Trinajstić information content (AvgIpc) is 1.87. The summed E-state index contributed by atoms with van der Waals surface area (Å²) in [5.74, 6) is -1.04. The molecule has 0 radical (unpaired) electrons. The predicted molar refractivity (Wildman–Crippen MR) is 44.0 cm³/mol. The van der Waals surface area contributed by atoms with Crippen molar-refractivity contribution < 1.29 is 9.90 Å². The SMILES string of the molecule is C=C(SC(Cl)=CC)C(=O)O. The van der Waals surface area contributed by atoms with Crippen LogP contribution in [0.4, 0.5) is 0 Å². The topological polar surface area (TPSA) is 37.3 Å². The maximum Gasteiger partial charge on any atom is 0.341 e. The highest BCUT2D eigenvalue weighted by Gasteiger charge is 2.04. The van der Waals surface area contributed by atoms with Gasteiger partial charge in [0.1, 0.15) is 0 Å². The molecule has 2 nitrogen and oxygen atoms in total. The molecule has 0 saturated carbocycles. The number of hydrogen-bond acceptors (Lipinski definition) is 2. The fourth-order valence-electron chi connectivity index (χ4n) is 0.220. The monoisotopic (exact) mass is 178 g/mol. The quantitative estimate of drug-likeness (QED) is 0.675. The van der Waals surface area contributed by atoms with Crippen LogP contribution in [0.15, 0.2) is 21.9 Å². The molecule has 56 valence electrons. The van der Waals surface area contributed by atoms with Gasteiger partial charge in [0.15, 0.2) is 0 Å². The van der Waals surface area contributed by atoms with E-state index in [1.54, 1.807) is 13.0 Å². The summed E-state index contributed by atoms with van der Waals surface area (Å²) in [6.45, 7) is 5.01. The maximum atomic E-state index is 10.1. The molecule has 0 aromatic heterocycles. The fraction of sp³-hybridized carbons (Fsp3) is 0.167. The van der Waals surface area contributed by atoms with Gasteiger partial charge in [-0.15, -0.1) is 0 Å². The minimum atomic E-state index is -1.04. The molecule has 0 amide bonds. The first kappa shape index (κ1) is 9.59. The van der Waals surface area contributed by atoms with Gasteiger partial charge < -0.3 is 5.11 Å². The van der Waals surface area contributed by atoms with E-state index in [2.05, 4.69) is 6.58 Å². The summed E-state index contributed by atoms with van der Waals surface area (Å²) in [5, 5.41) is 8.32. The Hall–Kier alpha value is -0.410. The number of carboxylic acids is 1.